The third-order valence-electron chi connectivity index (χ3n) is 4.03. The van der Waals surface area contributed by atoms with Gasteiger partial charge in [0.05, 0.1) is 0 Å². The Morgan fingerprint density at radius 3 is 0.957 bits per heavy atom. The number of hydrogen-bond acceptors (Lipinski definition) is 0. The van der Waals surface area contributed by atoms with Crippen LogP contribution in [-0.4, -0.2) is 6.54 Å². The number of halogens is 3. The molecule has 0 aromatic rings. The fourth-order valence-corrected chi connectivity index (χ4v) is 2.67. The maximum atomic E-state index is 7.08. The fraction of sp³-hybridized carbons (Fsp3) is 1.00. The van der Waals surface area contributed by atoms with Gasteiger partial charge in [-0.2, -0.15) is 6.54 Å². The Morgan fingerprint density at radius 1 is 0.522 bits per heavy atom. The SMILES string of the molecule is CCCCCCCCCCCCCCCCCC[NH-].[Cl][Ti+]([Cl])[Cl]. The predicted octanol–water partition coefficient (Wildman–Crippen LogP) is 9.37. The monoisotopic (exact) mass is 421 g/mol. The van der Waals surface area contributed by atoms with Gasteiger partial charge in [-0.15, -0.1) is 0 Å². The summed E-state index contributed by atoms with van der Waals surface area (Å²) in [4.78, 5) is 0. The molecule has 0 radical (unpaired) electrons. The van der Waals surface area contributed by atoms with E-state index in [0.29, 0.717) is 6.54 Å². The summed E-state index contributed by atoms with van der Waals surface area (Å²) >= 11 is -1.92. The third-order valence-corrected chi connectivity index (χ3v) is 4.03. The van der Waals surface area contributed by atoms with Crippen LogP contribution in [0, 0.1) is 0 Å². The summed E-state index contributed by atoms with van der Waals surface area (Å²) in [5.74, 6) is 0. The van der Waals surface area contributed by atoms with Gasteiger partial charge in [0.15, 0.2) is 0 Å². The second kappa shape index (κ2) is 25.8. The maximum absolute atomic E-state index is 7.08. The van der Waals surface area contributed by atoms with E-state index < -0.39 is 14.7 Å². The summed E-state index contributed by atoms with van der Waals surface area (Å²) in [6.45, 7) is 2.91. The molecule has 0 aliphatic rings. The van der Waals surface area contributed by atoms with Crippen molar-refractivity contribution in [2.24, 2.45) is 0 Å². The second-order valence-corrected chi connectivity index (χ2v) is 14.0. The van der Waals surface area contributed by atoms with Crippen LogP contribution in [0.4, 0.5) is 0 Å². The second-order valence-electron chi connectivity index (χ2n) is 6.27. The molecule has 0 fully saturated rings. The van der Waals surface area contributed by atoms with Crippen LogP contribution in [0.1, 0.15) is 110 Å². The van der Waals surface area contributed by atoms with Crippen LogP contribution in [0.2, 0.25) is 0 Å². The number of nitrogens with one attached hydrogen (secondary N) is 1. The average Bonchev–Trinajstić information content (AvgIpc) is 2.50. The molecular weight excluding hydrogens is 384 g/mol. The Balaban J connectivity index is 0. The van der Waals surface area contributed by atoms with Crippen LogP contribution >= 0.6 is 27.9 Å². The Labute approximate surface area is 163 Å². The molecule has 0 atom stereocenters. The number of rotatable bonds is 16. The van der Waals surface area contributed by atoms with Gasteiger partial charge in [-0.3, -0.25) is 0 Å². The molecule has 0 rings (SSSR count). The Hall–Kier alpha value is 1.54. The van der Waals surface area contributed by atoms with E-state index in [1.807, 2.05) is 0 Å². The van der Waals surface area contributed by atoms with Crippen molar-refractivity contribution in [2.75, 3.05) is 6.54 Å². The third kappa shape index (κ3) is 35.5. The minimum absolute atomic E-state index is 0.623. The van der Waals surface area contributed by atoms with E-state index in [-0.39, 0.29) is 0 Å². The zero-order valence-corrected chi connectivity index (χ0v) is 19.0. The van der Waals surface area contributed by atoms with Gasteiger partial charge >= 0.3 is 42.6 Å². The van der Waals surface area contributed by atoms with E-state index in [9.17, 15) is 0 Å². The Kier molecular flexibility index (Phi) is 30.0. The van der Waals surface area contributed by atoms with Gasteiger partial charge in [-0.05, 0) is 0 Å². The zero-order chi connectivity index (χ0) is 17.6. The quantitative estimate of drug-likeness (QED) is 0.175. The van der Waals surface area contributed by atoms with Crippen LogP contribution in [0.3, 0.4) is 0 Å². The molecule has 140 valence electrons. The summed E-state index contributed by atoms with van der Waals surface area (Å²) in [6.07, 6.45) is 22.5. The first-order chi connectivity index (χ1) is 11.1. The molecule has 1 N–H and O–H groups in total. The van der Waals surface area contributed by atoms with E-state index in [1.165, 1.54) is 96.3 Å². The van der Waals surface area contributed by atoms with Gasteiger partial charge in [-0.1, -0.05) is 110 Å². The molecule has 0 saturated carbocycles. The van der Waals surface area contributed by atoms with E-state index in [0.717, 1.165) is 6.42 Å². The van der Waals surface area contributed by atoms with Crippen molar-refractivity contribution >= 4 is 27.9 Å². The summed E-state index contributed by atoms with van der Waals surface area (Å²) in [7, 11) is 14.9. The minimum atomic E-state index is -1.92. The first-order valence-corrected chi connectivity index (χ1v) is 16.1. The molecule has 0 unspecified atom stereocenters. The molecule has 0 aliphatic carbocycles. The molecule has 1 nitrogen and oxygen atoms in total. The van der Waals surface area contributed by atoms with Crippen molar-refractivity contribution < 1.29 is 14.7 Å². The Morgan fingerprint density at radius 2 is 0.739 bits per heavy atom. The van der Waals surface area contributed by atoms with Crippen LogP contribution in [0.5, 0.6) is 0 Å². The van der Waals surface area contributed by atoms with Crippen molar-refractivity contribution in [1.82, 2.24) is 0 Å². The van der Waals surface area contributed by atoms with Crippen molar-refractivity contribution in [3.63, 3.8) is 0 Å². The molecule has 0 bridgehead atoms. The van der Waals surface area contributed by atoms with E-state index in [1.54, 1.807) is 0 Å². The van der Waals surface area contributed by atoms with E-state index in [4.69, 9.17) is 33.6 Å². The van der Waals surface area contributed by atoms with Crippen molar-refractivity contribution in [3.8, 4) is 0 Å². The molecular formula is C18H38Cl3NTi. The molecule has 0 aromatic heterocycles. The van der Waals surface area contributed by atoms with Crippen molar-refractivity contribution in [1.29, 1.82) is 0 Å². The normalized spacial score (nSPS) is 10.3. The Bertz CT molecular complexity index is 176. The standard InChI is InChI=1S/C18H38N.3ClH.Ti/c1-2-3-4-5-6-7-8-9-10-11-12-13-14-15-16-17-18-19;;;;/h19H,2-18H2,1H3;3*1H;/q-1;;;;+4/p-3. The number of hydrogen-bond donors (Lipinski definition) is 0. The van der Waals surface area contributed by atoms with Crippen molar-refractivity contribution in [3.05, 3.63) is 5.73 Å². The molecule has 5 heteroatoms. The van der Waals surface area contributed by atoms with Gasteiger partial charge < -0.3 is 5.73 Å². The van der Waals surface area contributed by atoms with Gasteiger partial charge in [0.2, 0.25) is 0 Å². The van der Waals surface area contributed by atoms with E-state index in [2.05, 4.69) is 6.92 Å². The fourth-order valence-electron chi connectivity index (χ4n) is 2.67. The number of unbranched alkanes of at least 4 members (excludes halogenated alkanes) is 15. The van der Waals surface area contributed by atoms with Gasteiger partial charge in [0.1, 0.15) is 0 Å². The summed E-state index contributed by atoms with van der Waals surface area (Å²) in [6, 6.07) is 0. The summed E-state index contributed by atoms with van der Waals surface area (Å²) < 4.78 is 0. The molecule has 0 saturated heterocycles. The van der Waals surface area contributed by atoms with Crippen LogP contribution in [0.25, 0.3) is 5.73 Å². The van der Waals surface area contributed by atoms with E-state index >= 15 is 0 Å². The topological polar surface area (TPSA) is 23.8 Å². The average molecular weight is 423 g/mol. The summed E-state index contributed by atoms with van der Waals surface area (Å²) in [5, 5.41) is 0. The first-order valence-electron chi connectivity index (χ1n) is 9.63. The van der Waals surface area contributed by atoms with Crippen LogP contribution < -0.4 is 0 Å². The molecule has 0 aromatic carbocycles. The molecule has 0 spiro atoms. The molecule has 0 heterocycles. The van der Waals surface area contributed by atoms with Crippen LogP contribution in [0.15, 0.2) is 0 Å². The van der Waals surface area contributed by atoms with Gasteiger partial charge in [0, 0.05) is 0 Å². The molecule has 0 amide bonds. The summed E-state index contributed by atoms with van der Waals surface area (Å²) in [5.41, 5.74) is 7.08. The van der Waals surface area contributed by atoms with Gasteiger partial charge in [0.25, 0.3) is 0 Å². The van der Waals surface area contributed by atoms with Crippen molar-refractivity contribution in [2.45, 2.75) is 110 Å². The van der Waals surface area contributed by atoms with Gasteiger partial charge in [-0.25, -0.2) is 0 Å². The zero-order valence-electron chi connectivity index (χ0n) is 15.2. The predicted molar refractivity (Wildman–Crippen MR) is 106 cm³/mol. The molecule has 0 aliphatic heterocycles. The first kappa shape index (κ1) is 26.8. The molecule has 23 heavy (non-hydrogen) atoms. The van der Waals surface area contributed by atoms with Crippen LogP contribution in [-0.2, 0) is 14.7 Å².